The third-order valence-electron chi connectivity index (χ3n) is 6.21. The number of amides is 1. The first-order valence-electron chi connectivity index (χ1n) is 11.3. The van der Waals surface area contributed by atoms with Gasteiger partial charge < -0.3 is 9.64 Å². The number of nitrogens with zero attached hydrogens (tertiary/aromatic N) is 1. The van der Waals surface area contributed by atoms with Crippen LogP contribution in [0.3, 0.4) is 0 Å². The van der Waals surface area contributed by atoms with E-state index in [1.807, 2.05) is 30.3 Å². The van der Waals surface area contributed by atoms with Gasteiger partial charge in [0, 0.05) is 12.6 Å². The molecule has 0 atom stereocenters. The number of benzene rings is 3. The zero-order chi connectivity index (χ0) is 21.6. The van der Waals surface area contributed by atoms with E-state index in [4.69, 9.17) is 4.74 Å². The topological polar surface area (TPSA) is 29.5 Å². The zero-order valence-corrected chi connectivity index (χ0v) is 18.5. The van der Waals surface area contributed by atoms with Crippen LogP contribution in [-0.2, 0) is 19.4 Å². The number of carbonyl (C=O) groups is 1. The lowest BCUT2D eigenvalue weighted by molar-refractivity contribution is 0.0663. The summed E-state index contributed by atoms with van der Waals surface area (Å²) in [7, 11) is 0. The maximum atomic E-state index is 13.9. The van der Waals surface area contributed by atoms with Gasteiger partial charge in [-0.15, -0.1) is 0 Å². The molecule has 1 amide bonds. The lowest BCUT2D eigenvalue weighted by atomic mass is 10.0. The van der Waals surface area contributed by atoms with E-state index in [0.717, 1.165) is 25.7 Å². The Morgan fingerprint density at radius 3 is 2.29 bits per heavy atom. The number of rotatable bonds is 8. The van der Waals surface area contributed by atoms with E-state index >= 15 is 0 Å². The Morgan fingerprint density at radius 2 is 1.58 bits per heavy atom. The Morgan fingerprint density at radius 1 is 0.935 bits per heavy atom. The molecule has 0 saturated heterocycles. The minimum atomic E-state index is 0.0492. The first-order valence-corrected chi connectivity index (χ1v) is 11.3. The molecule has 0 heterocycles. The van der Waals surface area contributed by atoms with Gasteiger partial charge in [-0.2, -0.15) is 0 Å². The summed E-state index contributed by atoms with van der Waals surface area (Å²) in [6.45, 7) is 5.49. The molecule has 0 fully saturated rings. The number of unbranched alkanes of at least 4 members (excludes halogenated alkanes) is 1. The van der Waals surface area contributed by atoms with Crippen LogP contribution < -0.4 is 4.74 Å². The highest BCUT2D eigenvalue weighted by Gasteiger charge is 2.31. The van der Waals surface area contributed by atoms with Gasteiger partial charge in [0.1, 0.15) is 5.75 Å². The average molecular weight is 414 g/mol. The molecule has 3 nitrogen and oxygen atoms in total. The van der Waals surface area contributed by atoms with E-state index in [0.29, 0.717) is 24.5 Å². The molecule has 0 saturated carbocycles. The largest absolute Gasteiger partial charge is 0.493 e. The van der Waals surface area contributed by atoms with E-state index in [-0.39, 0.29) is 11.9 Å². The second-order valence-electron chi connectivity index (χ2n) is 8.39. The summed E-state index contributed by atoms with van der Waals surface area (Å²) >= 11 is 0. The molecular formula is C28H31NO2. The average Bonchev–Trinajstić information content (AvgIpc) is 3.22. The fourth-order valence-electron chi connectivity index (χ4n) is 4.34. The third-order valence-corrected chi connectivity index (χ3v) is 6.21. The molecule has 4 rings (SSSR count). The van der Waals surface area contributed by atoms with Crippen molar-refractivity contribution in [2.75, 3.05) is 6.61 Å². The normalized spacial score (nSPS) is 13.1. The van der Waals surface area contributed by atoms with Crippen molar-refractivity contribution in [1.29, 1.82) is 0 Å². The molecule has 0 N–H and O–H groups in total. The van der Waals surface area contributed by atoms with Gasteiger partial charge in [0.25, 0.3) is 5.91 Å². The van der Waals surface area contributed by atoms with Crippen LogP contribution >= 0.6 is 0 Å². The van der Waals surface area contributed by atoms with Crippen molar-refractivity contribution >= 4 is 5.91 Å². The smallest absolute Gasteiger partial charge is 0.258 e. The van der Waals surface area contributed by atoms with E-state index in [1.54, 1.807) is 0 Å². The molecule has 1 aliphatic carbocycles. The van der Waals surface area contributed by atoms with Gasteiger partial charge in [-0.05, 0) is 60.6 Å². The summed E-state index contributed by atoms with van der Waals surface area (Å²) < 4.78 is 6.00. The minimum absolute atomic E-state index is 0.0492. The second-order valence-corrected chi connectivity index (χ2v) is 8.39. The van der Waals surface area contributed by atoms with Crippen molar-refractivity contribution in [3.05, 3.63) is 101 Å². The molecule has 0 radical (unpaired) electrons. The predicted octanol–water partition coefficient (Wildman–Crippen LogP) is 5.98. The molecule has 3 aromatic rings. The fraction of sp³-hybridized carbons (Fsp3) is 0.321. The van der Waals surface area contributed by atoms with Gasteiger partial charge in [0.15, 0.2) is 0 Å². The second kappa shape index (κ2) is 9.82. The van der Waals surface area contributed by atoms with Crippen LogP contribution in [0.1, 0.15) is 52.4 Å². The Labute approximate surface area is 185 Å². The van der Waals surface area contributed by atoms with Gasteiger partial charge in [-0.25, -0.2) is 0 Å². The molecule has 3 heteroatoms. The minimum Gasteiger partial charge on any atom is -0.493 e. The first kappa shape index (κ1) is 21.2. The van der Waals surface area contributed by atoms with Crippen LogP contribution in [0.2, 0.25) is 0 Å². The summed E-state index contributed by atoms with van der Waals surface area (Å²) in [6.07, 6.45) is 3.84. The Balaban J connectivity index is 1.65. The maximum Gasteiger partial charge on any atom is 0.258 e. The van der Waals surface area contributed by atoms with E-state index in [2.05, 4.69) is 61.2 Å². The van der Waals surface area contributed by atoms with E-state index in [1.165, 1.54) is 22.3 Å². The van der Waals surface area contributed by atoms with Gasteiger partial charge >= 0.3 is 0 Å². The van der Waals surface area contributed by atoms with Crippen LogP contribution in [0.15, 0.2) is 72.8 Å². The van der Waals surface area contributed by atoms with Crippen molar-refractivity contribution < 1.29 is 9.53 Å². The van der Waals surface area contributed by atoms with Crippen molar-refractivity contribution in [3.63, 3.8) is 0 Å². The van der Waals surface area contributed by atoms with Gasteiger partial charge in [0.2, 0.25) is 0 Å². The van der Waals surface area contributed by atoms with Crippen molar-refractivity contribution in [1.82, 2.24) is 4.90 Å². The van der Waals surface area contributed by atoms with E-state index in [9.17, 15) is 4.79 Å². The molecule has 31 heavy (non-hydrogen) atoms. The summed E-state index contributed by atoms with van der Waals surface area (Å²) in [4.78, 5) is 16.0. The Hall–Kier alpha value is -3.07. The number of fused-ring (bicyclic) bond motifs is 1. The summed E-state index contributed by atoms with van der Waals surface area (Å²) in [5.74, 6) is 0.736. The lowest BCUT2D eigenvalue weighted by Crippen LogP contribution is -2.40. The van der Waals surface area contributed by atoms with Crippen LogP contribution in [0.25, 0.3) is 0 Å². The number of hydrogen-bond acceptors (Lipinski definition) is 2. The van der Waals surface area contributed by atoms with Crippen LogP contribution in [-0.4, -0.2) is 23.5 Å². The lowest BCUT2D eigenvalue weighted by Gasteiger charge is -2.30. The molecule has 0 bridgehead atoms. The molecular weight excluding hydrogens is 382 g/mol. The van der Waals surface area contributed by atoms with Gasteiger partial charge in [0.05, 0.1) is 12.2 Å². The highest BCUT2D eigenvalue weighted by Crippen LogP contribution is 2.30. The van der Waals surface area contributed by atoms with Crippen molar-refractivity contribution in [2.24, 2.45) is 0 Å². The molecule has 160 valence electrons. The Bertz CT molecular complexity index is 1020. The summed E-state index contributed by atoms with van der Waals surface area (Å²) in [6, 6.07) is 24.7. The summed E-state index contributed by atoms with van der Waals surface area (Å²) in [5, 5.41) is 0. The number of ether oxygens (including phenoxy) is 1. The number of para-hydroxylation sites is 1. The number of hydrogen-bond donors (Lipinski definition) is 0. The van der Waals surface area contributed by atoms with Gasteiger partial charge in [-0.3, -0.25) is 4.79 Å². The van der Waals surface area contributed by atoms with E-state index < -0.39 is 0 Å². The molecule has 0 aromatic heterocycles. The van der Waals surface area contributed by atoms with Crippen molar-refractivity contribution in [2.45, 2.75) is 52.1 Å². The van der Waals surface area contributed by atoms with Crippen LogP contribution in [0, 0.1) is 6.92 Å². The molecule has 1 aliphatic rings. The SMILES string of the molecule is CCCCOc1ccccc1C(=O)N(Cc1ccccc1C)C1Cc2ccccc2C1. The number of carbonyl (C=O) groups excluding carboxylic acids is 1. The molecule has 0 aliphatic heterocycles. The summed E-state index contributed by atoms with van der Waals surface area (Å²) in [5.41, 5.74) is 5.76. The highest BCUT2D eigenvalue weighted by molar-refractivity contribution is 5.97. The zero-order valence-electron chi connectivity index (χ0n) is 18.5. The number of aryl methyl sites for hydroxylation is 1. The highest BCUT2D eigenvalue weighted by atomic mass is 16.5. The standard InChI is InChI=1S/C28H31NO2/c1-3-4-17-31-27-16-10-9-15-26(27)28(30)29(20-24-14-6-5-11-21(24)2)25-18-22-12-7-8-13-23(22)19-25/h5-16,25H,3-4,17-20H2,1-2H3. The molecule has 3 aromatic carbocycles. The quantitative estimate of drug-likeness (QED) is 0.425. The van der Waals surface area contributed by atoms with Crippen molar-refractivity contribution in [3.8, 4) is 5.75 Å². The first-order chi connectivity index (χ1) is 15.2. The molecule has 0 spiro atoms. The maximum absolute atomic E-state index is 13.9. The predicted molar refractivity (Wildman–Crippen MR) is 126 cm³/mol. The van der Waals surface area contributed by atoms with Crippen LogP contribution in [0.4, 0.5) is 0 Å². The van der Waals surface area contributed by atoms with Gasteiger partial charge in [-0.1, -0.05) is 74.0 Å². The fourth-order valence-corrected chi connectivity index (χ4v) is 4.34. The van der Waals surface area contributed by atoms with Crippen LogP contribution in [0.5, 0.6) is 5.75 Å². The Kier molecular flexibility index (Phi) is 6.71. The third kappa shape index (κ3) is 4.82. The monoisotopic (exact) mass is 413 g/mol. The molecule has 0 unspecified atom stereocenters.